The Morgan fingerprint density at radius 1 is 1.64 bits per heavy atom. The maximum Gasteiger partial charge on any atom is 0.341 e. The molecule has 1 aromatic heterocycles. The lowest BCUT2D eigenvalue weighted by atomic mass is 10.4. The number of aromatic nitrogens is 2. The van der Waals surface area contributed by atoms with Crippen LogP contribution in [0.2, 0.25) is 0 Å². The molecule has 1 N–H and O–H groups in total. The maximum atomic E-state index is 10.9. The van der Waals surface area contributed by atoms with Gasteiger partial charge in [0.05, 0.1) is 0 Å². The van der Waals surface area contributed by atoms with Crippen molar-refractivity contribution < 1.29 is 0 Å². The minimum atomic E-state index is -0.705. The minimum Gasteiger partial charge on any atom is -0.313 e. The molecule has 0 saturated carbocycles. The Balaban J connectivity index is 3.72. The Morgan fingerprint density at radius 2 is 2.27 bits per heavy atom. The number of nitrogens with one attached hydrogen (secondary N) is 1. The second kappa shape index (κ2) is 2.42. The second-order valence-corrected chi connectivity index (χ2v) is 2.02. The van der Waals surface area contributed by atoms with Gasteiger partial charge in [0.15, 0.2) is 6.19 Å². The molecule has 0 aliphatic rings. The van der Waals surface area contributed by atoms with Gasteiger partial charge in [0, 0.05) is 11.8 Å². The number of hydrogen-bond acceptors (Lipinski definition) is 3. The Bertz CT molecular complexity index is 421. The zero-order valence-corrected chi connectivity index (χ0v) is 5.79. The fourth-order valence-corrected chi connectivity index (χ4v) is 0.656. The van der Waals surface area contributed by atoms with Gasteiger partial charge in [-0.15, -0.1) is 0 Å². The van der Waals surface area contributed by atoms with E-state index in [2.05, 4.69) is 4.98 Å². The molecule has 0 aliphatic carbocycles. The Morgan fingerprint density at radius 3 is 2.73 bits per heavy atom. The van der Waals surface area contributed by atoms with Crippen molar-refractivity contribution >= 4 is 0 Å². The first-order valence-electron chi connectivity index (χ1n) is 2.88. The van der Waals surface area contributed by atoms with E-state index in [4.69, 9.17) is 5.26 Å². The molecular formula is C6H5N3O2. The summed E-state index contributed by atoms with van der Waals surface area (Å²) in [4.78, 5) is 23.9. The van der Waals surface area contributed by atoms with Crippen molar-refractivity contribution in [3.8, 4) is 6.19 Å². The van der Waals surface area contributed by atoms with Crippen LogP contribution in [0.15, 0.2) is 15.8 Å². The average molecular weight is 151 g/mol. The molecule has 0 radical (unpaired) electrons. The largest absolute Gasteiger partial charge is 0.341 e. The van der Waals surface area contributed by atoms with Crippen molar-refractivity contribution in [3.63, 3.8) is 0 Å². The summed E-state index contributed by atoms with van der Waals surface area (Å²) in [6.45, 7) is 1.52. The van der Waals surface area contributed by atoms with E-state index in [1.54, 1.807) is 0 Å². The van der Waals surface area contributed by atoms with Crippen LogP contribution in [-0.2, 0) is 0 Å². The van der Waals surface area contributed by atoms with E-state index in [0.717, 1.165) is 0 Å². The topological polar surface area (TPSA) is 78.7 Å². The number of rotatable bonds is 0. The van der Waals surface area contributed by atoms with E-state index >= 15 is 0 Å². The van der Waals surface area contributed by atoms with Crippen LogP contribution in [0.5, 0.6) is 0 Å². The molecule has 0 bridgehead atoms. The smallest absolute Gasteiger partial charge is 0.313 e. The van der Waals surface area contributed by atoms with Crippen LogP contribution in [0.25, 0.3) is 0 Å². The summed E-state index contributed by atoms with van der Waals surface area (Å²) in [7, 11) is 0. The standard InChI is InChI=1S/C6H5N3O2/c1-4-2-8-6(11)9(3-7)5(4)10/h2H,1H3,(H,8,11). The summed E-state index contributed by atoms with van der Waals surface area (Å²) in [5.41, 5.74) is -0.939. The first-order valence-corrected chi connectivity index (χ1v) is 2.88. The quantitative estimate of drug-likeness (QED) is 0.525. The third kappa shape index (κ3) is 1.05. The van der Waals surface area contributed by atoms with Crippen molar-refractivity contribution in [2.45, 2.75) is 6.92 Å². The molecule has 0 aliphatic heterocycles. The van der Waals surface area contributed by atoms with Crippen molar-refractivity contribution in [1.29, 1.82) is 5.26 Å². The first-order chi connectivity index (χ1) is 5.16. The predicted molar refractivity (Wildman–Crippen MR) is 37.1 cm³/mol. The van der Waals surface area contributed by atoms with Gasteiger partial charge in [0.1, 0.15) is 0 Å². The predicted octanol–water partition coefficient (Wildman–Crippen LogP) is -0.826. The molecule has 56 valence electrons. The Hall–Kier alpha value is -1.83. The average Bonchev–Trinajstić information content (AvgIpc) is 1.99. The minimum absolute atomic E-state index is 0.339. The molecule has 0 aromatic carbocycles. The van der Waals surface area contributed by atoms with Gasteiger partial charge in [-0.05, 0) is 6.92 Å². The number of hydrogen-bond donors (Lipinski definition) is 1. The Kier molecular flexibility index (Phi) is 1.60. The van der Waals surface area contributed by atoms with Crippen LogP contribution in [0.1, 0.15) is 5.56 Å². The van der Waals surface area contributed by atoms with Crippen molar-refractivity contribution in [2.75, 3.05) is 0 Å². The van der Waals surface area contributed by atoms with Gasteiger partial charge in [0.2, 0.25) is 0 Å². The number of aryl methyl sites for hydroxylation is 1. The van der Waals surface area contributed by atoms with Gasteiger partial charge in [-0.25, -0.2) is 4.79 Å². The highest BCUT2D eigenvalue weighted by Crippen LogP contribution is 1.76. The number of nitrogens with zero attached hydrogens (tertiary/aromatic N) is 2. The van der Waals surface area contributed by atoms with Crippen LogP contribution < -0.4 is 11.2 Å². The summed E-state index contributed by atoms with van der Waals surface area (Å²) < 4.78 is 0.468. The molecular weight excluding hydrogens is 146 g/mol. The molecule has 0 spiro atoms. The number of aromatic amines is 1. The fourth-order valence-electron chi connectivity index (χ4n) is 0.656. The lowest BCUT2D eigenvalue weighted by Gasteiger charge is -1.91. The molecule has 0 fully saturated rings. The van der Waals surface area contributed by atoms with Crippen LogP contribution in [0.4, 0.5) is 0 Å². The molecule has 11 heavy (non-hydrogen) atoms. The SMILES string of the molecule is Cc1c[nH]c(=O)n(C#N)c1=O. The van der Waals surface area contributed by atoms with E-state index in [-0.39, 0.29) is 0 Å². The highest BCUT2D eigenvalue weighted by atomic mass is 16.2. The fraction of sp³-hybridized carbons (Fsp3) is 0.167. The van der Waals surface area contributed by atoms with Crippen LogP contribution in [0, 0.1) is 18.4 Å². The van der Waals surface area contributed by atoms with E-state index in [9.17, 15) is 9.59 Å². The van der Waals surface area contributed by atoms with E-state index in [0.29, 0.717) is 10.1 Å². The summed E-state index contributed by atoms with van der Waals surface area (Å²) in [6, 6.07) is 0. The van der Waals surface area contributed by atoms with Gasteiger partial charge >= 0.3 is 5.69 Å². The van der Waals surface area contributed by atoms with Crippen LogP contribution in [-0.4, -0.2) is 9.55 Å². The summed E-state index contributed by atoms with van der Waals surface area (Å²) in [5, 5.41) is 8.32. The molecule has 1 rings (SSSR count). The van der Waals surface area contributed by atoms with Gasteiger partial charge in [-0.3, -0.25) is 4.79 Å². The van der Waals surface area contributed by atoms with Gasteiger partial charge in [-0.2, -0.15) is 9.83 Å². The van der Waals surface area contributed by atoms with Gasteiger partial charge in [-0.1, -0.05) is 0 Å². The lowest BCUT2D eigenvalue weighted by Crippen LogP contribution is -2.33. The highest BCUT2D eigenvalue weighted by Gasteiger charge is 2.00. The summed E-state index contributed by atoms with van der Waals surface area (Å²) in [6.07, 6.45) is 2.74. The molecule has 1 heterocycles. The first kappa shape index (κ1) is 7.28. The number of H-pyrrole nitrogens is 1. The van der Waals surface area contributed by atoms with Crippen LogP contribution >= 0.6 is 0 Å². The molecule has 5 nitrogen and oxygen atoms in total. The second-order valence-electron chi connectivity index (χ2n) is 2.02. The van der Waals surface area contributed by atoms with Crippen LogP contribution in [0.3, 0.4) is 0 Å². The molecule has 0 saturated heterocycles. The summed E-state index contributed by atoms with van der Waals surface area (Å²) >= 11 is 0. The van der Waals surface area contributed by atoms with Crippen molar-refractivity contribution in [1.82, 2.24) is 9.55 Å². The van der Waals surface area contributed by atoms with E-state index in [1.165, 1.54) is 19.3 Å². The molecule has 1 aromatic rings. The molecule has 0 atom stereocenters. The third-order valence-corrected chi connectivity index (χ3v) is 1.26. The third-order valence-electron chi connectivity index (χ3n) is 1.26. The molecule has 5 heteroatoms. The molecule has 0 amide bonds. The molecule has 0 unspecified atom stereocenters. The monoisotopic (exact) mass is 151 g/mol. The van der Waals surface area contributed by atoms with Gasteiger partial charge < -0.3 is 4.98 Å². The van der Waals surface area contributed by atoms with Crippen molar-refractivity contribution in [3.05, 3.63) is 32.6 Å². The Labute approximate surface area is 61.5 Å². The number of nitriles is 1. The maximum absolute atomic E-state index is 10.9. The zero-order chi connectivity index (χ0) is 8.43. The van der Waals surface area contributed by atoms with E-state index < -0.39 is 11.2 Å². The summed E-state index contributed by atoms with van der Waals surface area (Å²) in [5.74, 6) is 0. The lowest BCUT2D eigenvalue weighted by molar-refractivity contribution is 0.873. The van der Waals surface area contributed by atoms with E-state index in [1.807, 2.05) is 0 Å². The zero-order valence-electron chi connectivity index (χ0n) is 5.79. The van der Waals surface area contributed by atoms with Crippen molar-refractivity contribution in [2.24, 2.45) is 0 Å². The normalized spacial score (nSPS) is 9.09. The highest BCUT2D eigenvalue weighted by molar-refractivity contribution is 5.03. The van der Waals surface area contributed by atoms with Gasteiger partial charge in [0.25, 0.3) is 5.56 Å².